The molecule has 35 heavy (non-hydrogen) atoms. The minimum Gasteiger partial charge on any atom is -0.490 e. The highest BCUT2D eigenvalue weighted by Crippen LogP contribution is 2.30. The van der Waals surface area contributed by atoms with E-state index in [-0.39, 0.29) is 47.1 Å². The third-order valence-electron chi connectivity index (χ3n) is 5.78. The van der Waals surface area contributed by atoms with Crippen LogP contribution in [0.1, 0.15) is 59.2 Å². The number of amides is 1. The highest BCUT2D eigenvalue weighted by molar-refractivity contribution is 6.34. The van der Waals surface area contributed by atoms with Gasteiger partial charge in [0.15, 0.2) is 5.78 Å². The maximum atomic E-state index is 12.5. The Kier molecular flexibility index (Phi) is 9.42. The van der Waals surface area contributed by atoms with E-state index in [1.807, 2.05) is 0 Å². The molecular weight excluding hydrogens is 484 g/mol. The van der Waals surface area contributed by atoms with Gasteiger partial charge in [-0.2, -0.15) is 8.78 Å². The zero-order valence-electron chi connectivity index (χ0n) is 18.8. The van der Waals surface area contributed by atoms with Crippen molar-refractivity contribution < 1.29 is 37.7 Å². The summed E-state index contributed by atoms with van der Waals surface area (Å²) in [6, 6.07) is 10.2. The van der Waals surface area contributed by atoms with E-state index in [4.69, 9.17) is 21.4 Å². The van der Waals surface area contributed by atoms with Crippen LogP contribution in [0.25, 0.3) is 0 Å². The van der Waals surface area contributed by atoms with Crippen molar-refractivity contribution in [3.05, 3.63) is 58.6 Å². The Balaban J connectivity index is 1.42. The molecule has 1 fully saturated rings. The number of carboxylic acids is 1. The number of carbonyl (C=O) groups excluding carboxylic acids is 2. The number of halogens is 3. The van der Waals surface area contributed by atoms with Gasteiger partial charge in [-0.15, -0.1) is 0 Å². The van der Waals surface area contributed by atoms with Gasteiger partial charge in [0.2, 0.25) is 0 Å². The summed E-state index contributed by atoms with van der Waals surface area (Å²) in [7, 11) is 0. The highest BCUT2D eigenvalue weighted by atomic mass is 35.5. The number of nitrogens with one attached hydrogen (secondary N) is 1. The summed E-state index contributed by atoms with van der Waals surface area (Å²) in [4.78, 5) is 35.8. The first-order valence-corrected chi connectivity index (χ1v) is 11.7. The highest BCUT2D eigenvalue weighted by Gasteiger charge is 2.27. The Morgan fingerprint density at radius 3 is 2.29 bits per heavy atom. The lowest BCUT2D eigenvalue weighted by Gasteiger charge is -2.26. The molecule has 2 N–H and O–H groups in total. The maximum absolute atomic E-state index is 12.5. The summed E-state index contributed by atoms with van der Waals surface area (Å²) >= 11 is 6.29. The number of hydrogen-bond acceptors (Lipinski definition) is 5. The van der Waals surface area contributed by atoms with Crippen molar-refractivity contribution in [2.24, 2.45) is 5.92 Å². The van der Waals surface area contributed by atoms with Gasteiger partial charge in [-0.25, -0.2) is 0 Å². The smallest absolute Gasteiger partial charge is 0.387 e. The fourth-order valence-electron chi connectivity index (χ4n) is 3.89. The Labute approximate surface area is 206 Å². The fraction of sp³-hybridized carbons (Fsp3) is 0.400. The summed E-state index contributed by atoms with van der Waals surface area (Å²) in [5.74, 6) is -1.17. The zero-order chi connectivity index (χ0) is 25.4. The van der Waals surface area contributed by atoms with Crippen LogP contribution < -0.4 is 14.8 Å². The summed E-state index contributed by atoms with van der Waals surface area (Å²) in [6.45, 7) is -2.69. The van der Waals surface area contributed by atoms with Gasteiger partial charge in [-0.05, 0) is 74.6 Å². The number of carbonyl (C=O) groups is 3. The lowest BCUT2D eigenvalue weighted by molar-refractivity contribution is -0.143. The Hall–Kier alpha value is -3.20. The summed E-state index contributed by atoms with van der Waals surface area (Å²) in [5.41, 5.74) is 0.641. The first kappa shape index (κ1) is 26.4. The van der Waals surface area contributed by atoms with Crippen LogP contribution >= 0.6 is 11.6 Å². The van der Waals surface area contributed by atoms with Crippen molar-refractivity contribution in [2.75, 3.05) is 6.54 Å². The predicted molar refractivity (Wildman–Crippen MR) is 124 cm³/mol. The van der Waals surface area contributed by atoms with Gasteiger partial charge >= 0.3 is 12.6 Å². The summed E-state index contributed by atoms with van der Waals surface area (Å²) in [6.07, 6.45) is 2.90. The number of ether oxygens (including phenoxy) is 2. The second-order valence-electron chi connectivity index (χ2n) is 8.26. The number of hydrogen-bond donors (Lipinski definition) is 2. The van der Waals surface area contributed by atoms with Crippen LogP contribution in [0.4, 0.5) is 8.78 Å². The molecule has 0 spiro atoms. The molecule has 0 bridgehead atoms. The first-order chi connectivity index (χ1) is 16.7. The van der Waals surface area contributed by atoms with Crippen LogP contribution in [0.15, 0.2) is 42.5 Å². The van der Waals surface area contributed by atoms with E-state index in [9.17, 15) is 23.2 Å². The van der Waals surface area contributed by atoms with Crippen molar-refractivity contribution in [3.63, 3.8) is 0 Å². The normalized spacial score (nSPS) is 17.6. The molecule has 0 aliphatic heterocycles. The van der Waals surface area contributed by atoms with Gasteiger partial charge in [-0.1, -0.05) is 11.6 Å². The van der Waals surface area contributed by atoms with Gasteiger partial charge in [0.1, 0.15) is 11.5 Å². The molecule has 1 amide bonds. The number of rotatable bonds is 11. The minimum atomic E-state index is -2.94. The third-order valence-corrected chi connectivity index (χ3v) is 6.09. The Morgan fingerprint density at radius 2 is 1.69 bits per heavy atom. The number of benzene rings is 2. The predicted octanol–water partition coefficient (Wildman–Crippen LogP) is 5.36. The van der Waals surface area contributed by atoms with Crippen LogP contribution in [-0.4, -0.2) is 42.0 Å². The van der Waals surface area contributed by atoms with E-state index in [2.05, 4.69) is 10.1 Å². The minimum absolute atomic E-state index is 0.0407. The molecule has 1 saturated carbocycles. The molecule has 1 aliphatic rings. The molecule has 2 aromatic carbocycles. The molecule has 10 heteroatoms. The molecule has 3 rings (SSSR count). The standard InChI is InChI=1S/C25H26ClF2NO6/c26-21-14-19(34-17-9-5-16(6-10-17)24(32)33)11-12-20(21)22(30)2-1-13-29-23(31)15-3-7-18(8-4-15)35-25(27)28/h3-4,7-8,11-12,14,16-17,25H,1-2,5-6,9-10,13H2,(H,29,31)(H,32,33). The van der Waals surface area contributed by atoms with Crippen molar-refractivity contribution >= 4 is 29.3 Å². The Morgan fingerprint density at radius 1 is 1.03 bits per heavy atom. The summed E-state index contributed by atoms with van der Waals surface area (Å²) < 4.78 is 34.5. The van der Waals surface area contributed by atoms with Gasteiger partial charge in [0, 0.05) is 24.1 Å². The quantitative estimate of drug-likeness (QED) is 0.312. The third kappa shape index (κ3) is 7.92. The SMILES string of the molecule is O=C(NCCCC(=O)c1ccc(OC2CCC(C(=O)O)CC2)cc1Cl)c1ccc(OC(F)F)cc1. The van der Waals surface area contributed by atoms with Crippen molar-refractivity contribution in [1.29, 1.82) is 0 Å². The lowest BCUT2D eigenvalue weighted by Crippen LogP contribution is -2.27. The van der Waals surface area contributed by atoms with E-state index in [0.717, 1.165) is 0 Å². The lowest BCUT2D eigenvalue weighted by atomic mass is 9.87. The van der Waals surface area contributed by atoms with Gasteiger partial charge < -0.3 is 19.9 Å². The van der Waals surface area contributed by atoms with Crippen LogP contribution in [0, 0.1) is 5.92 Å². The second-order valence-corrected chi connectivity index (χ2v) is 8.66. The summed E-state index contributed by atoms with van der Waals surface area (Å²) in [5, 5.41) is 12.0. The van der Waals surface area contributed by atoms with Crippen LogP contribution in [0.5, 0.6) is 11.5 Å². The molecule has 2 aromatic rings. The van der Waals surface area contributed by atoms with Crippen molar-refractivity contribution in [1.82, 2.24) is 5.32 Å². The molecular formula is C25H26ClF2NO6. The average Bonchev–Trinajstić information content (AvgIpc) is 2.82. The number of Topliss-reactive ketones (excluding diaryl/α,β-unsaturated/α-hetero) is 1. The number of aliphatic carboxylic acids is 1. The molecule has 1 aliphatic carbocycles. The topological polar surface area (TPSA) is 102 Å². The van der Waals surface area contributed by atoms with Gasteiger partial charge in [-0.3, -0.25) is 14.4 Å². The molecule has 0 radical (unpaired) electrons. The van der Waals surface area contributed by atoms with E-state index in [1.165, 1.54) is 24.3 Å². The molecule has 188 valence electrons. The molecule has 0 atom stereocenters. The van der Waals surface area contributed by atoms with Gasteiger partial charge in [0.05, 0.1) is 17.0 Å². The molecule has 7 nitrogen and oxygen atoms in total. The second kappa shape index (κ2) is 12.5. The Bertz CT molecular complexity index is 1040. The van der Waals surface area contributed by atoms with Crippen LogP contribution in [0.3, 0.4) is 0 Å². The number of carboxylic acid groups (broad SMARTS) is 1. The first-order valence-electron chi connectivity index (χ1n) is 11.3. The average molecular weight is 510 g/mol. The van der Waals surface area contributed by atoms with E-state index in [0.29, 0.717) is 43.4 Å². The molecule has 0 unspecified atom stereocenters. The number of alkyl halides is 2. The van der Waals surface area contributed by atoms with Crippen molar-refractivity contribution in [2.45, 2.75) is 51.2 Å². The maximum Gasteiger partial charge on any atom is 0.387 e. The van der Waals surface area contributed by atoms with E-state index >= 15 is 0 Å². The molecule has 0 saturated heterocycles. The van der Waals surface area contributed by atoms with Crippen LogP contribution in [-0.2, 0) is 4.79 Å². The van der Waals surface area contributed by atoms with Gasteiger partial charge in [0.25, 0.3) is 5.91 Å². The fourth-order valence-corrected chi connectivity index (χ4v) is 4.17. The zero-order valence-corrected chi connectivity index (χ0v) is 19.6. The molecule has 0 aromatic heterocycles. The van der Waals surface area contributed by atoms with E-state index < -0.39 is 18.5 Å². The monoisotopic (exact) mass is 509 g/mol. The van der Waals surface area contributed by atoms with Crippen molar-refractivity contribution in [3.8, 4) is 11.5 Å². The van der Waals surface area contributed by atoms with E-state index in [1.54, 1.807) is 18.2 Å². The van der Waals surface area contributed by atoms with Crippen LogP contribution in [0.2, 0.25) is 5.02 Å². The number of ketones is 1. The largest absolute Gasteiger partial charge is 0.490 e. The molecule has 0 heterocycles.